The van der Waals surface area contributed by atoms with Gasteiger partial charge in [0.15, 0.2) is 11.5 Å². The molecule has 2 aromatic carbocycles. The smallest absolute Gasteiger partial charge is 0.267 e. The normalized spacial score (nSPS) is 15.3. The molecule has 1 amide bonds. The summed E-state index contributed by atoms with van der Waals surface area (Å²) in [6.45, 7) is 0.626. The third kappa shape index (κ3) is 3.74. The highest BCUT2D eigenvalue weighted by molar-refractivity contribution is 5.82. The van der Waals surface area contributed by atoms with E-state index in [2.05, 4.69) is 0 Å². The Bertz CT molecular complexity index is 922. The van der Waals surface area contributed by atoms with Crippen LogP contribution in [0.3, 0.4) is 0 Å². The zero-order chi connectivity index (χ0) is 18.6. The number of nitrogens with zero attached hydrogens (tertiary/aromatic N) is 1. The van der Waals surface area contributed by atoms with Crippen LogP contribution in [0.5, 0.6) is 17.2 Å². The number of fused-ring (bicyclic) bond motifs is 1. The van der Waals surface area contributed by atoms with Gasteiger partial charge in [-0.05, 0) is 30.3 Å². The lowest BCUT2D eigenvalue weighted by Crippen LogP contribution is -2.45. The number of benzene rings is 2. The molecule has 6 heteroatoms. The van der Waals surface area contributed by atoms with E-state index >= 15 is 0 Å². The molecule has 1 unspecified atom stereocenters. The number of hydrogen-bond donors (Lipinski definition) is 1. The van der Waals surface area contributed by atoms with Crippen LogP contribution < -0.4 is 9.47 Å². The molecular weight excluding hydrogens is 346 g/mol. The van der Waals surface area contributed by atoms with Crippen molar-refractivity contribution in [2.24, 2.45) is 0 Å². The van der Waals surface area contributed by atoms with Crippen molar-refractivity contribution in [1.29, 1.82) is 0 Å². The SMILES string of the molecule is O=C(C1COc2ccccc2O1)N(Cc1ccco1)Cc1ccccc1O. The number of hydrogen-bond acceptors (Lipinski definition) is 5. The number of furan rings is 1. The Kier molecular flexibility index (Phi) is 4.70. The first-order chi connectivity index (χ1) is 13.2. The number of para-hydroxylation sites is 3. The lowest BCUT2D eigenvalue weighted by atomic mass is 10.1. The number of ether oxygens (including phenoxy) is 2. The van der Waals surface area contributed by atoms with Crippen LogP contribution in [-0.2, 0) is 17.9 Å². The predicted molar refractivity (Wildman–Crippen MR) is 97.4 cm³/mol. The summed E-state index contributed by atoms with van der Waals surface area (Å²) in [6.07, 6.45) is 0.801. The van der Waals surface area contributed by atoms with Crippen LogP contribution >= 0.6 is 0 Å². The number of carbonyl (C=O) groups is 1. The van der Waals surface area contributed by atoms with Crippen LogP contribution in [-0.4, -0.2) is 28.6 Å². The highest BCUT2D eigenvalue weighted by Gasteiger charge is 2.31. The topological polar surface area (TPSA) is 72.1 Å². The largest absolute Gasteiger partial charge is 0.508 e. The molecule has 0 saturated carbocycles. The average molecular weight is 365 g/mol. The Hall–Kier alpha value is -3.41. The number of phenols is 1. The monoisotopic (exact) mass is 365 g/mol. The van der Waals surface area contributed by atoms with E-state index in [-0.39, 0.29) is 31.4 Å². The number of carbonyl (C=O) groups excluding carboxylic acids is 1. The second kappa shape index (κ2) is 7.45. The maximum atomic E-state index is 13.1. The lowest BCUT2D eigenvalue weighted by molar-refractivity contribution is -0.142. The van der Waals surface area contributed by atoms with Crippen molar-refractivity contribution < 1.29 is 23.8 Å². The number of aromatic hydroxyl groups is 1. The van der Waals surface area contributed by atoms with E-state index in [1.165, 1.54) is 0 Å². The van der Waals surface area contributed by atoms with Gasteiger partial charge in [-0.15, -0.1) is 0 Å². The summed E-state index contributed by atoms with van der Waals surface area (Å²) in [7, 11) is 0. The summed E-state index contributed by atoms with van der Waals surface area (Å²) in [5, 5.41) is 10.1. The molecule has 1 aliphatic heterocycles. The summed E-state index contributed by atoms with van der Waals surface area (Å²) in [5.41, 5.74) is 0.648. The zero-order valence-electron chi connectivity index (χ0n) is 14.6. The minimum Gasteiger partial charge on any atom is -0.508 e. The van der Waals surface area contributed by atoms with Gasteiger partial charge in [-0.2, -0.15) is 0 Å². The fraction of sp³-hybridized carbons (Fsp3) is 0.190. The molecule has 1 aliphatic rings. The summed E-state index contributed by atoms with van der Waals surface area (Å²) in [6, 6.07) is 17.8. The first-order valence-corrected chi connectivity index (χ1v) is 8.67. The number of amides is 1. The maximum absolute atomic E-state index is 13.1. The van der Waals surface area contributed by atoms with Crippen LogP contribution in [0.15, 0.2) is 71.3 Å². The van der Waals surface area contributed by atoms with Gasteiger partial charge in [0.05, 0.1) is 12.8 Å². The van der Waals surface area contributed by atoms with E-state index in [1.807, 2.05) is 18.2 Å². The molecule has 1 aromatic heterocycles. The van der Waals surface area contributed by atoms with E-state index in [1.54, 1.807) is 53.6 Å². The molecule has 0 fully saturated rings. The van der Waals surface area contributed by atoms with Crippen LogP contribution in [0.4, 0.5) is 0 Å². The molecule has 1 N–H and O–H groups in total. The van der Waals surface area contributed by atoms with E-state index < -0.39 is 6.10 Å². The van der Waals surface area contributed by atoms with Gasteiger partial charge in [-0.1, -0.05) is 30.3 Å². The lowest BCUT2D eigenvalue weighted by Gasteiger charge is -2.30. The van der Waals surface area contributed by atoms with Gasteiger partial charge in [-0.25, -0.2) is 0 Å². The van der Waals surface area contributed by atoms with Gasteiger partial charge in [0.25, 0.3) is 5.91 Å². The van der Waals surface area contributed by atoms with Crippen LogP contribution in [0.2, 0.25) is 0 Å². The molecule has 1 atom stereocenters. The van der Waals surface area contributed by atoms with Crippen LogP contribution in [0.25, 0.3) is 0 Å². The fourth-order valence-electron chi connectivity index (χ4n) is 3.00. The molecular formula is C21H19NO5. The van der Waals surface area contributed by atoms with Crippen molar-refractivity contribution in [2.45, 2.75) is 19.2 Å². The van der Waals surface area contributed by atoms with Gasteiger partial charge in [-0.3, -0.25) is 4.79 Å². The van der Waals surface area contributed by atoms with Crippen LogP contribution in [0.1, 0.15) is 11.3 Å². The van der Waals surface area contributed by atoms with E-state index in [0.717, 1.165) is 0 Å². The predicted octanol–water partition coefficient (Wildman–Crippen LogP) is 3.35. The number of phenolic OH excluding ortho intramolecular Hbond substituents is 1. The van der Waals surface area contributed by atoms with Crippen LogP contribution in [0, 0.1) is 0 Å². The molecule has 0 aliphatic carbocycles. The van der Waals surface area contributed by atoms with Gasteiger partial charge >= 0.3 is 0 Å². The summed E-state index contributed by atoms with van der Waals surface area (Å²) in [5.74, 6) is 1.73. The molecule has 6 nitrogen and oxygen atoms in total. The minimum absolute atomic E-state index is 0.130. The van der Waals surface area contributed by atoms with Crippen molar-refractivity contribution in [2.75, 3.05) is 6.61 Å². The maximum Gasteiger partial charge on any atom is 0.267 e. The van der Waals surface area contributed by atoms with Crippen molar-refractivity contribution in [3.8, 4) is 17.2 Å². The second-order valence-corrected chi connectivity index (χ2v) is 6.27. The first kappa shape index (κ1) is 17.0. The van der Waals surface area contributed by atoms with Crippen molar-refractivity contribution in [1.82, 2.24) is 4.90 Å². The molecule has 2 heterocycles. The van der Waals surface area contributed by atoms with Crippen molar-refractivity contribution in [3.63, 3.8) is 0 Å². The Balaban J connectivity index is 1.56. The van der Waals surface area contributed by atoms with Gasteiger partial charge in [0.1, 0.15) is 18.1 Å². The average Bonchev–Trinajstić information content (AvgIpc) is 3.21. The van der Waals surface area contributed by atoms with E-state index in [4.69, 9.17) is 13.9 Å². The zero-order valence-corrected chi connectivity index (χ0v) is 14.6. The summed E-state index contributed by atoms with van der Waals surface area (Å²) < 4.78 is 16.9. The summed E-state index contributed by atoms with van der Waals surface area (Å²) in [4.78, 5) is 14.7. The minimum atomic E-state index is -0.763. The second-order valence-electron chi connectivity index (χ2n) is 6.27. The Morgan fingerprint density at radius 3 is 2.56 bits per heavy atom. The third-order valence-electron chi connectivity index (χ3n) is 4.38. The van der Waals surface area contributed by atoms with E-state index in [9.17, 15) is 9.90 Å². The Labute approximate surface area is 156 Å². The fourth-order valence-corrected chi connectivity index (χ4v) is 3.00. The van der Waals surface area contributed by atoms with Crippen molar-refractivity contribution in [3.05, 3.63) is 78.3 Å². The number of rotatable bonds is 5. The molecule has 0 spiro atoms. The third-order valence-corrected chi connectivity index (χ3v) is 4.38. The molecule has 0 bridgehead atoms. The van der Waals surface area contributed by atoms with E-state index in [0.29, 0.717) is 22.8 Å². The van der Waals surface area contributed by atoms with Crippen molar-refractivity contribution >= 4 is 5.91 Å². The molecule has 0 radical (unpaired) electrons. The quantitative estimate of drug-likeness (QED) is 0.751. The van der Waals surface area contributed by atoms with Gasteiger partial charge < -0.3 is 23.9 Å². The first-order valence-electron chi connectivity index (χ1n) is 8.67. The molecule has 138 valence electrons. The summed E-state index contributed by atoms with van der Waals surface area (Å²) >= 11 is 0. The Morgan fingerprint density at radius 1 is 1.00 bits per heavy atom. The highest BCUT2D eigenvalue weighted by Crippen LogP contribution is 2.31. The highest BCUT2D eigenvalue weighted by atomic mass is 16.6. The molecule has 27 heavy (non-hydrogen) atoms. The van der Waals surface area contributed by atoms with Gasteiger partial charge in [0.2, 0.25) is 6.10 Å². The Morgan fingerprint density at radius 2 is 1.78 bits per heavy atom. The van der Waals surface area contributed by atoms with Gasteiger partial charge in [0, 0.05) is 12.1 Å². The molecule has 0 saturated heterocycles. The molecule has 3 aromatic rings. The standard InChI is InChI=1S/C21H19NO5/c23-17-8-2-1-6-15(17)12-22(13-16-7-5-11-25-16)21(24)20-14-26-18-9-3-4-10-19(18)27-20/h1-11,20,23H,12-14H2. The molecule has 4 rings (SSSR count).